The van der Waals surface area contributed by atoms with Crippen molar-refractivity contribution in [2.24, 2.45) is 0 Å². The maximum atomic E-state index is 3.12. The first kappa shape index (κ1) is 5.92. The van der Waals surface area contributed by atoms with E-state index in [9.17, 15) is 0 Å². The Bertz CT molecular complexity index is 21.6. The summed E-state index contributed by atoms with van der Waals surface area (Å²) < 4.78 is 1.75. The summed E-state index contributed by atoms with van der Waals surface area (Å²) in [5, 5.41) is 0. The van der Waals surface area contributed by atoms with Gasteiger partial charge in [0, 0.05) is 38.8 Å². The smallest absolute Gasteiger partial charge is 0.0239 e. The van der Waals surface area contributed by atoms with Crippen LogP contribution in [0.1, 0.15) is 6.92 Å². The molecular formula is C2H5Br2N. The van der Waals surface area contributed by atoms with Gasteiger partial charge in [-0.25, -0.2) is 0 Å². The summed E-state index contributed by atoms with van der Waals surface area (Å²) in [5.41, 5.74) is 0. The zero-order valence-corrected chi connectivity index (χ0v) is 6.08. The van der Waals surface area contributed by atoms with Crippen LogP contribution in [0, 0.1) is 0 Å². The molecule has 0 saturated heterocycles. The molecule has 0 aromatic rings. The summed E-state index contributed by atoms with van der Waals surface area (Å²) in [5.74, 6) is 0. The minimum atomic E-state index is 0.972. The van der Waals surface area contributed by atoms with Crippen LogP contribution in [0.4, 0.5) is 0 Å². The quantitative estimate of drug-likeness (QED) is 0.588. The fraction of sp³-hybridized carbons (Fsp3) is 1.00. The van der Waals surface area contributed by atoms with Crippen molar-refractivity contribution in [1.29, 1.82) is 0 Å². The number of nitrogens with zero attached hydrogens (tertiary/aromatic N) is 1. The van der Waals surface area contributed by atoms with Crippen LogP contribution in [0.25, 0.3) is 0 Å². The average Bonchev–Trinajstić information content (AvgIpc) is 1.38. The second kappa shape index (κ2) is 3.12. The molecule has 0 N–H and O–H groups in total. The van der Waals surface area contributed by atoms with E-state index < -0.39 is 0 Å². The van der Waals surface area contributed by atoms with Crippen molar-refractivity contribution < 1.29 is 0 Å². The molecule has 0 atom stereocenters. The van der Waals surface area contributed by atoms with Crippen molar-refractivity contribution in [2.45, 2.75) is 6.92 Å². The van der Waals surface area contributed by atoms with Gasteiger partial charge in [-0.3, -0.25) is 0 Å². The topological polar surface area (TPSA) is 3.24 Å². The van der Waals surface area contributed by atoms with Gasteiger partial charge >= 0.3 is 0 Å². The van der Waals surface area contributed by atoms with Crippen LogP contribution in [0.5, 0.6) is 0 Å². The first-order chi connectivity index (χ1) is 2.27. The molecule has 0 saturated carbocycles. The van der Waals surface area contributed by atoms with Crippen LogP contribution in [0.2, 0.25) is 0 Å². The molecule has 0 rings (SSSR count). The van der Waals surface area contributed by atoms with Gasteiger partial charge < -0.3 is 0 Å². The van der Waals surface area contributed by atoms with Gasteiger partial charge in [0.2, 0.25) is 0 Å². The summed E-state index contributed by atoms with van der Waals surface area (Å²) in [7, 11) is 0. The van der Waals surface area contributed by atoms with Crippen LogP contribution in [-0.4, -0.2) is 9.50 Å². The third-order valence-corrected chi connectivity index (χ3v) is 1.24. The third kappa shape index (κ3) is 4.92. The monoisotopic (exact) mass is 201 g/mol. The number of halogens is 2. The van der Waals surface area contributed by atoms with Gasteiger partial charge in [-0.15, -0.1) is 0 Å². The van der Waals surface area contributed by atoms with Crippen molar-refractivity contribution in [3.63, 3.8) is 0 Å². The van der Waals surface area contributed by atoms with E-state index in [1.165, 1.54) is 0 Å². The van der Waals surface area contributed by atoms with Gasteiger partial charge in [0.15, 0.2) is 0 Å². The lowest BCUT2D eigenvalue weighted by Crippen LogP contribution is -1.89. The van der Waals surface area contributed by atoms with Gasteiger partial charge in [0.1, 0.15) is 0 Å². The summed E-state index contributed by atoms with van der Waals surface area (Å²) in [6.45, 7) is 3.00. The first-order valence-electron chi connectivity index (χ1n) is 1.36. The fourth-order valence-corrected chi connectivity index (χ4v) is 0. The zero-order valence-electron chi connectivity index (χ0n) is 2.91. The van der Waals surface area contributed by atoms with Crippen LogP contribution >= 0.6 is 32.3 Å². The lowest BCUT2D eigenvalue weighted by molar-refractivity contribution is 0.835. The van der Waals surface area contributed by atoms with Crippen molar-refractivity contribution in [3.05, 3.63) is 0 Å². The molecule has 0 aliphatic heterocycles. The molecule has 0 heterocycles. The van der Waals surface area contributed by atoms with Crippen molar-refractivity contribution in [1.82, 2.24) is 2.95 Å². The van der Waals surface area contributed by atoms with E-state index in [1.54, 1.807) is 2.95 Å². The highest BCUT2D eigenvalue weighted by Crippen LogP contribution is 2.01. The molecule has 0 fully saturated rings. The maximum Gasteiger partial charge on any atom is 0.0239 e. The van der Waals surface area contributed by atoms with Crippen LogP contribution in [-0.2, 0) is 0 Å². The number of hydrogen-bond donors (Lipinski definition) is 0. The largest absolute Gasteiger partial charge is 0.178 e. The van der Waals surface area contributed by atoms with Crippen molar-refractivity contribution >= 4 is 32.3 Å². The van der Waals surface area contributed by atoms with E-state index in [-0.39, 0.29) is 0 Å². The molecule has 0 aliphatic rings. The van der Waals surface area contributed by atoms with Gasteiger partial charge in [-0.1, -0.05) is 6.92 Å². The predicted octanol–water partition coefficient (Wildman–Crippen LogP) is 1.93. The van der Waals surface area contributed by atoms with Crippen LogP contribution in [0.15, 0.2) is 0 Å². The van der Waals surface area contributed by atoms with Crippen molar-refractivity contribution in [2.75, 3.05) is 6.54 Å². The SMILES string of the molecule is CCN(Br)Br. The van der Waals surface area contributed by atoms with E-state index in [0.717, 1.165) is 6.54 Å². The van der Waals surface area contributed by atoms with E-state index in [2.05, 4.69) is 32.3 Å². The fourth-order valence-electron chi connectivity index (χ4n) is 0. The van der Waals surface area contributed by atoms with E-state index in [0.29, 0.717) is 0 Å². The molecule has 0 radical (unpaired) electrons. The molecule has 0 amide bonds. The second-order valence-electron chi connectivity index (χ2n) is 0.619. The lowest BCUT2D eigenvalue weighted by atomic mass is 10.8. The van der Waals surface area contributed by atoms with Gasteiger partial charge in [0.25, 0.3) is 0 Å². The van der Waals surface area contributed by atoms with Crippen LogP contribution < -0.4 is 0 Å². The molecule has 0 aromatic heterocycles. The van der Waals surface area contributed by atoms with Crippen molar-refractivity contribution in [3.8, 4) is 0 Å². The Morgan fingerprint density at radius 2 is 1.80 bits per heavy atom. The molecule has 0 aromatic carbocycles. The van der Waals surface area contributed by atoms with Gasteiger partial charge in [-0.2, -0.15) is 2.95 Å². The second-order valence-corrected chi connectivity index (χ2v) is 3.28. The predicted molar refractivity (Wildman–Crippen MR) is 30.2 cm³/mol. The molecule has 3 heteroatoms. The lowest BCUT2D eigenvalue weighted by Gasteiger charge is -1.92. The Hall–Kier alpha value is 0.920. The Morgan fingerprint density at radius 1 is 1.60 bits per heavy atom. The summed E-state index contributed by atoms with van der Waals surface area (Å²) >= 11 is 6.25. The third-order valence-electron chi connectivity index (χ3n) is 0.239. The molecule has 0 aliphatic carbocycles. The number of hydrogen-bond acceptors (Lipinski definition) is 1. The summed E-state index contributed by atoms with van der Waals surface area (Å²) in [4.78, 5) is 0. The molecule has 0 spiro atoms. The molecule has 1 nitrogen and oxygen atoms in total. The highest BCUT2D eigenvalue weighted by molar-refractivity contribution is 9.21. The van der Waals surface area contributed by atoms with Gasteiger partial charge in [-0.05, 0) is 0 Å². The van der Waals surface area contributed by atoms with Crippen LogP contribution in [0.3, 0.4) is 0 Å². The molecule has 32 valence electrons. The average molecular weight is 203 g/mol. The first-order valence-corrected chi connectivity index (χ1v) is 2.78. The minimum absolute atomic E-state index is 0.972. The highest BCUT2D eigenvalue weighted by Gasteiger charge is 1.78. The Balaban J connectivity index is 2.54. The minimum Gasteiger partial charge on any atom is -0.178 e. The Morgan fingerprint density at radius 3 is 1.80 bits per heavy atom. The van der Waals surface area contributed by atoms with E-state index in [4.69, 9.17) is 0 Å². The highest BCUT2D eigenvalue weighted by atomic mass is 79.9. The standard InChI is InChI=1S/C2H5Br2N/c1-2-5(3)4/h2H2,1H3. The molecule has 0 unspecified atom stereocenters. The Labute approximate surface area is 49.0 Å². The van der Waals surface area contributed by atoms with E-state index in [1.807, 2.05) is 6.92 Å². The summed E-state index contributed by atoms with van der Waals surface area (Å²) in [6, 6.07) is 0. The Kier molecular flexibility index (Phi) is 3.70. The normalized spacial score (nSPS) is 9.60. The molecule has 0 bridgehead atoms. The molecular weight excluding hydrogens is 198 g/mol. The summed E-state index contributed by atoms with van der Waals surface area (Å²) in [6.07, 6.45) is 0. The van der Waals surface area contributed by atoms with Gasteiger partial charge in [0.05, 0.1) is 0 Å². The molecule has 5 heavy (non-hydrogen) atoms. The zero-order chi connectivity index (χ0) is 4.28. The van der Waals surface area contributed by atoms with E-state index >= 15 is 0 Å². The number of rotatable bonds is 1. The maximum absolute atomic E-state index is 3.12.